The van der Waals surface area contributed by atoms with Gasteiger partial charge in [-0.05, 0) is 6.92 Å². The van der Waals surface area contributed by atoms with Crippen LogP contribution < -0.4 is 11.2 Å². The largest absolute Gasteiger partial charge is 0.393 e. The first-order chi connectivity index (χ1) is 8.37. The highest BCUT2D eigenvalue weighted by atomic mass is 19.1. The number of aliphatic hydroxyl groups excluding tert-OH is 1. The summed E-state index contributed by atoms with van der Waals surface area (Å²) in [6.07, 6.45) is -2.09. The highest BCUT2D eigenvalue weighted by Crippen LogP contribution is 2.37. The summed E-state index contributed by atoms with van der Waals surface area (Å²) in [7, 11) is 0. The van der Waals surface area contributed by atoms with Crippen LogP contribution in [0.5, 0.6) is 0 Å². The van der Waals surface area contributed by atoms with Gasteiger partial charge in [0, 0.05) is 6.42 Å². The van der Waals surface area contributed by atoms with Crippen molar-refractivity contribution in [1.29, 1.82) is 0 Å². The van der Waals surface area contributed by atoms with Crippen LogP contribution >= 0.6 is 0 Å². The van der Waals surface area contributed by atoms with E-state index in [2.05, 4.69) is 0 Å². The molecular weight excluding hydrogens is 250 g/mol. The number of nitrogens with zero attached hydrogens (tertiary/aromatic N) is 1. The van der Waals surface area contributed by atoms with Crippen LogP contribution in [0.25, 0.3) is 0 Å². The third kappa shape index (κ3) is 1.97. The summed E-state index contributed by atoms with van der Waals surface area (Å²) in [5, 5.41) is 9.04. The molecular formula is C10H12F2N2O4. The normalized spacial score (nSPS) is 31.8. The lowest BCUT2D eigenvalue weighted by Gasteiger charge is -2.23. The highest BCUT2D eigenvalue weighted by Gasteiger charge is 2.46. The van der Waals surface area contributed by atoms with Gasteiger partial charge in [-0.3, -0.25) is 14.3 Å². The molecule has 18 heavy (non-hydrogen) atoms. The van der Waals surface area contributed by atoms with E-state index in [0.717, 1.165) is 4.57 Å². The number of rotatable bonds is 2. The van der Waals surface area contributed by atoms with Gasteiger partial charge in [0.15, 0.2) is 0 Å². The van der Waals surface area contributed by atoms with Gasteiger partial charge in [0.05, 0.1) is 12.8 Å². The first kappa shape index (κ1) is 12.9. The van der Waals surface area contributed by atoms with Gasteiger partial charge < -0.3 is 9.84 Å². The monoisotopic (exact) mass is 262 g/mol. The van der Waals surface area contributed by atoms with E-state index in [1.165, 1.54) is 6.92 Å². The molecule has 1 aromatic heterocycles. The molecule has 6 nitrogen and oxygen atoms in total. The van der Waals surface area contributed by atoms with Crippen LogP contribution in [0.4, 0.5) is 8.78 Å². The topological polar surface area (TPSA) is 84.3 Å². The second-order valence-corrected chi connectivity index (χ2v) is 4.39. The number of aromatic nitrogens is 2. The van der Waals surface area contributed by atoms with Crippen LogP contribution in [0.15, 0.2) is 15.8 Å². The molecule has 2 N–H and O–H groups in total. The smallest absolute Gasteiger partial charge is 0.330 e. The fourth-order valence-corrected chi connectivity index (χ4v) is 1.84. The van der Waals surface area contributed by atoms with Crippen LogP contribution in [0, 0.1) is 5.82 Å². The minimum absolute atomic E-state index is 0.206. The average molecular weight is 262 g/mol. The second-order valence-electron chi connectivity index (χ2n) is 4.39. The molecule has 8 heteroatoms. The summed E-state index contributed by atoms with van der Waals surface area (Å²) in [5.41, 5.74) is -3.46. The SMILES string of the molecule is C[C@]1(CO)O[C@H](n2cc(F)c(=O)[nH]c2=O)C[C@@H]1F. The van der Waals surface area contributed by atoms with E-state index in [9.17, 15) is 18.4 Å². The summed E-state index contributed by atoms with van der Waals surface area (Å²) in [5.74, 6) is -1.16. The van der Waals surface area contributed by atoms with Crippen LogP contribution in [0.2, 0.25) is 0 Å². The molecule has 100 valence electrons. The molecule has 0 spiro atoms. The maximum Gasteiger partial charge on any atom is 0.330 e. The Hall–Kier alpha value is -1.54. The number of halogens is 2. The Morgan fingerprint density at radius 1 is 1.67 bits per heavy atom. The number of aromatic amines is 1. The predicted molar refractivity (Wildman–Crippen MR) is 56.4 cm³/mol. The van der Waals surface area contributed by atoms with Gasteiger partial charge in [0.2, 0.25) is 5.82 Å². The first-order valence-electron chi connectivity index (χ1n) is 5.31. The molecule has 0 radical (unpaired) electrons. The lowest BCUT2D eigenvalue weighted by Crippen LogP contribution is -2.38. The number of H-pyrrole nitrogens is 1. The number of nitrogens with one attached hydrogen (secondary N) is 1. The maximum absolute atomic E-state index is 13.7. The number of hydrogen-bond donors (Lipinski definition) is 2. The quantitative estimate of drug-likeness (QED) is 0.765. The summed E-state index contributed by atoms with van der Waals surface area (Å²) in [6, 6.07) is 0. The van der Waals surface area contributed by atoms with Gasteiger partial charge in [-0.1, -0.05) is 0 Å². The van der Waals surface area contributed by atoms with Crippen molar-refractivity contribution in [3.63, 3.8) is 0 Å². The lowest BCUT2D eigenvalue weighted by atomic mass is 10.0. The Labute approximate surface area is 99.8 Å². The summed E-state index contributed by atoms with van der Waals surface area (Å²) < 4.78 is 32.7. The zero-order valence-electron chi connectivity index (χ0n) is 9.52. The standard InChI is InChI=1S/C10H12F2N2O4/c1-10(4-15)6(12)2-7(18-10)14-3-5(11)8(16)13-9(14)17/h3,6-7,15H,2,4H2,1H3,(H,13,16,17)/t6-,7-,10+/m0/s1. The molecule has 1 aliphatic heterocycles. The van der Waals surface area contributed by atoms with E-state index in [4.69, 9.17) is 9.84 Å². The predicted octanol–water partition coefficient (Wildman–Crippen LogP) is -0.316. The number of hydrogen-bond acceptors (Lipinski definition) is 4. The van der Waals surface area contributed by atoms with Crippen LogP contribution in [-0.4, -0.2) is 33.0 Å². The van der Waals surface area contributed by atoms with Crippen molar-refractivity contribution >= 4 is 0 Å². The van der Waals surface area contributed by atoms with E-state index in [-0.39, 0.29) is 6.42 Å². The molecule has 0 saturated carbocycles. The fourth-order valence-electron chi connectivity index (χ4n) is 1.84. The Morgan fingerprint density at radius 2 is 2.33 bits per heavy atom. The Morgan fingerprint density at radius 3 is 2.89 bits per heavy atom. The molecule has 1 aromatic rings. The van der Waals surface area contributed by atoms with Gasteiger partial charge >= 0.3 is 5.69 Å². The number of alkyl halides is 1. The van der Waals surface area contributed by atoms with Gasteiger partial charge in [-0.15, -0.1) is 0 Å². The van der Waals surface area contributed by atoms with Crippen LogP contribution in [-0.2, 0) is 4.74 Å². The van der Waals surface area contributed by atoms with Gasteiger partial charge in [0.25, 0.3) is 5.56 Å². The zero-order valence-corrected chi connectivity index (χ0v) is 9.52. The van der Waals surface area contributed by atoms with E-state index in [1.807, 2.05) is 0 Å². The molecule has 2 heterocycles. The fraction of sp³-hybridized carbons (Fsp3) is 0.600. The summed E-state index contributed by atoms with van der Waals surface area (Å²) in [6.45, 7) is 0.788. The molecule has 0 bridgehead atoms. The van der Waals surface area contributed by atoms with Crippen molar-refractivity contribution in [2.45, 2.75) is 31.3 Å². The molecule has 1 fully saturated rings. The first-order valence-corrected chi connectivity index (χ1v) is 5.31. The highest BCUT2D eigenvalue weighted by molar-refractivity contribution is 4.95. The summed E-state index contributed by atoms with van der Waals surface area (Å²) in [4.78, 5) is 24.1. The van der Waals surface area contributed by atoms with Crippen molar-refractivity contribution in [2.75, 3.05) is 6.61 Å². The molecule has 2 rings (SSSR count). The molecule has 0 unspecified atom stereocenters. The van der Waals surface area contributed by atoms with E-state index in [1.54, 1.807) is 4.98 Å². The summed E-state index contributed by atoms with van der Waals surface area (Å²) >= 11 is 0. The van der Waals surface area contributed by atoms with Crippen LogP contribution in [0.1, 0.15) is 19.6 Å². The number of aliphatic hydroxyl groups is 1. The van der Waals surface area contributed by atoms with Crippen LogP contribution in [0.3, 0.4) is 0 Å². The Balaban J connectivity index is 2.38. The molecule has 1 saturated heterocycles. The Bertz CT molecular complexity index is 570. The molecule has 3 atom stereocenters. The van der Waals surface area contributed by atoms with E-state index < -0.39 is 41.7 Å². The molecule has 0 aliphatic carbocycles. The van der Waals surface area contributed by atoms with Crippen molar-refractivity contribution < 1.29 is 18.6 Å². The molecule has 0 aromatic carbocycles. The van der Waals surface area contributed by atoms with Gasteiger partial charge in [-0.25, -0.2) is 9.18 Å². The molecule has 1 aliphatic rings. The van der Waals surface area contributed by atoms with Gasteiger partial charge in [0.1, 0.15) is 18.0 Å². The van der Waals surface area contributed by atoms with E-state index >= 15 is 0 Å². The number of ether oxygens (including phenoxy) is 1. The van der Waals surface area contributed by atoms with Crippen molar-refractivity contribution in [2.24, 2.45) is 0 Å². The maximum atomic E-state index is 13.7. The zero-order chi connectivity index (χ0) is 13.5. The second kappa shape index (κ2) is 4.29. The van der Waals surface area contributed by atoms with Crippen molar-refractivity contribution in [3.05, 3.63) is 32.9 Å². The van der Waals surface area contributed by atoms with E-state index in [0.29, 0.717) is 6.20 Å². The van der Waals surface area contributed by atoms with Gasteiger partial charge in [-0.2, -0.15) is 4.39 Å². The molecule has 0 amide bonds. The third-order valence-electron chi connectivity index (χ3n) is 3.02. The minimum Gasteiger partial charge on any atom is -0.393 e. The third-order valence-corrected chi connectivity index (χ3v) is 3.02. The Kier molecular flexibility index (Phi) is 3.07. The van der Waals surface area contributed by atoms with Crippen molar-refractivity contribution in [1.82, 2.24) is 9.55 Å². The lowest BCUT2D eigenvalue weighted by molar-refractivity contribution is -0.105. The minimum atomic E-state index is -1.49. The van der Waals surface area contributed by atoms with Crippen molar-refractivity contribution in [3.8, 4) is 0 Å². The average Bonchev–Trinajstić information content (AvgIpc) is 2.61.